The zero-order valence-electron chi connectivity index (χ0n) is 13.5. The van der Waals surface area contributed by atoms with E-state index in [1.807, 2.05) is 30.3 Å². The highest BCUT2D eigenvalue weighted by atomic mass is 35.5. The number of ether oxygens (including phenoxy) is 1. The van der Waals surface area contributed by atoms with Crippen LogP contribution in [0.25, 0.3) is 0 Å². The lowest BCUT2D eigenvalue weighted by atomic mass is 10.1. The van der Waals surface area contributed by atoms with Crippen molar-refractivity contribution in [3.05, 3.63) is 59.1 Å². The van der Waals surface area contributed by atoms with Crippen molar-refractivity contribution in [1.82, 2.24) is 0 Å². The van der Waals surface area contributed by atoms with Gasteiger partial charge in [0.25, 0.3) is 5.91 Å². The third-order valence-electron chi connectivity index (χ3n) is 4.07. The van der Waals surface area contributed by atoms with Gasteiger partial charge in [-0.3, -0.25) is 9.59 Å². The summed E-state index contributed by atoms with van der Waals surface area (Å²) in [7, 11) is 0. The Balaban J connectivity index is 1.78. The van der Waals surface area contributed by atoms with Crippen LogP contribution in [-0.4, -0.2) is 29.6 Å². The molecule has 6 heteroatoms. The Kier molecular flexibility index (Phi) is 5.24. The van der Waals surface area contributed by atoms with Crippen LogP contribution in [0.5, 0.6) is 5.75 Å². The summed E-state index contributed by atoms with van der Waals surface area (Å²) in [5, 5.41) is 9.51. The summed E-state index contributed by atoms with van der Waals surface area (Å²) in [6.45, 7) is 0.473. The number of halogens is 1. The molecule has 1 aliphatic rings. The number of fused-ring (bicyclic) bond motifs is 1. The molecule has 1 atom stereocenters. The van der Waals surface area contributed by atoms with Gasteiger partial charge >= 0.3 is 5.97 Å². The van der Waals surface area contributed by atoms with E-state index >= 15 is 0 Å². The number of amides is 1. The predicted octanol–water partition coefficient (Wildman–Crippen LogP) is 3.54. The van der Waals surface area contributed by atoms with Gasteiger partial charge in [0.2, 0.25) is 0 Å². The van der Waals surface area contributed by atoms with Gasteiger partial charge in [-0.1, -0.05) is 41.9 Å². The lowest BCUT2D eigenvalue weighted by Gasteiger charge is -2.34. The first-order chi connectivity index (χ1) is 12.0. The molecule has 130 valence electrons. The van der Waals surface area contributed by atoms with E-state index in [4.69, 9.17) is 21.4 Å². The minimum absolute atomic E-state index is 0.342. The molecule has 0 saturated carbocycles. The van der Waals surface area contributed by atoms with Gasteiger partial charge in [0.1, 0.15) is 5.75 Å². The SMILES string of the molecule is O=C(O)CC1Oc2ccc(Cl)cc2N(CCCc2ccccc2)C1=O. The molecule has 5 nitrogen and oxygen atoms in total. The number of aryl methyl sites for hydroxylation is 1. The first kappa shape index (κ1) is 17.3. The molecule has 0 aromatic heterocycles. The fraction of sp³-hybridized carbons (Fsp3) is 0.263. The van der Waals surface area contributed by atoms with E-state index in [0.29, 0.717) is 23.0 Å². The van der Waals surface area contributed by atoms with Crippen LogP contribution >= 0.6 is 11.6 Å². The van der Waals surface area contributed by atoms with Gasteiger partial charge in [-0.05, 0) is 36.6 Å². The molecule has 3 rings (SSSR count). The number of carboxylic acids is 1. The van der Waals surface area contributed by atoms with E-state index in [0.717, 1.165) is 12.8 Å². The zero-order valence-corrected chi connectivity index (χ0v) is 14.3. The second-order valence-electron chi connectivity index (χ2n) is 5.90. The minimum atomic E-state index is -1.07. The summed E-state index contributed by atoms with van der Waals surface area (Å²) in [6, 6.07) is 15.0. The smallest absolute Gasteiger partial charge is 0.307 e. The van der Waals surface area contributed by atoms with Gasteiger partial charge in [0, 0.05) is 11.6 Å². The van der Waals surface area contributed by atoms with Crippen molar-refractivity contribution < 1.29 is 19.4 Å². The van der Waals surface area contributed by atoms with E-state index in [9.17, 15) is 9.59 Å². The fourth-order valence-corrected chi connectivity index (χ4v) is 3.07. The molecule has 0 spiro atoms. The average molecular weight is 360 g/mol. The summed E-state index contributed by atoms with van der Waals surface area (Å²) in [5.74, 6) is -0.930. The summed E-state index contributed by atoms with van der Waals surface area (Å²) < 4.78 is 5.57. The number of hydrogen-bond donors (Lipinski definition) is 1. The van der Waals surface area contributed by atoms with E-state index in [2.05, 4.69) is 0 Å². The molecule has 25 heavy (non-hydrogen) atoms. The van der Waals surface area contributed by atoms with Crippen molar-refractivity contribution in [3.8, 4) is 5.75 Å². The molecule has 1 heterocycles. The third kappa shape index (κ3) is 4.12. The maximum Gasteiger partial charge on any atom is 0.307 e. The number of nitrogens with zero attached hydrogens (tertiary/aromatic N) is 1. The number of hydrogen-bond acceptors (Lipinski definition) is 3. The molecular weight excluding hydrogens is 342 g/mol. The van der Waals surface area contributed by atoms with Crippen molar-refractivity contribution >= 4 is 29.2 Å². The molecule has 1 aliphatic heterocycles. The van der Waals surface area contributed by atoms with Crippen LogP contribution in [0.2, 0.25) is 5.02 Å². The third-order valence-corrected chi connectivity index (χ3v) is 4.31. The summed E-state index contributed by atoms with van der Waals surface area (Å²) in [4.78, 5) is 25.3. The van der Waals surface area contributed by atoms with Gasteiger partial charge in [-0.25, -0.2) is 0 Å². The first-order valence-corrected chi connectivity index (χ1v) is 8.45. The second kappa shape index (κ2) is 7.57. The monoisotopic (exact) mass is 359 g/mol. The zero-order chi connectivity index (χ0) is 17.8. The van der Waals surface area contributed by atoms with Gasteiger partial charge in [-0.15, -0.1) is 0 Å². The standard InChI is InChI=1S/C19H18ClNO4/c20-14-8-9-16-15(11-14)21(19(24)17(25-16)12-18(22)23)10-4-7-13-5-2-1-3-6-13/h1-3,5-6,8-9,11,17H,4,7,10,12H2,(H,22,23). The molecule has 0 fully saturated rings. The first-order valence-electron chi connectivity index (χ1n) is 8.08. The normalized spacial score (nSPS) is 16.3. The van der Waals surface area contributed by atoms with Crippen molar-refractivity contribution in [1.29, 1.82) is 0 Å². The Morgan fingerprint density at radius 3 is 2.68 bits per heavy atom. The second-order valence-corrected chi connectivity index (χ2v) is 6.33. The van der Waals surface area contributed by atoms with Gasteiger partial charge in [0.05, 0.1) is 12.1 Å². The highest BCUT2D eigenvalue weighted by Crippen LogP contribution is 2.37. The van der Waals surface area contributed by atoms with Gasteiger partial charge < -0.3 is 14.7 Å². The number of benzene rings is 2. The quantitative estimate of drug-likeness (QED) is 0.856. The minimum Gasteiger partial charge on any atom is -0.481 e. The van der Waals surface area contributed by atoms with Gasteiger partial charge in [0.15, 0.2) is 6.10 Å². The van der Waals surface area contributed by atoms with E-state index < -0.39 is 12.1 Å². The van der Waals surface area contributed by atoms with Crippen molar-refractivity contribution in [2.45, 2.75) is 25.4 Å². The molecule has 2 aromatic rings. The molecule has 1 N–H and O–H groups in total. The molecule has 0 radical (unpaired) electrons. The van der Waals surface area contributed by atoms with Crippen molar-refractivity contribution in [2.24, 2.45) is 0 Å². The van der Waals surface area contributed by atoms with E-state index in [1.165, 1.54) is 5.56 Å². The Hall–Kier alpha value is -2.53. The van der Waals surface area contributed by atoms with Crippen LogP contribution in [-0.2, 0) is 16.0 Å². The van der Waals surface area contributed by atoms with Crippen molar-refractivity contribution in [3.63, 3.8) is 0 Å². The largest absolute Gasteiger partial charge is 0.481 e. The van der Waals surface area contributed by atoms with Crippen LogP contribution in [0, 0.1) is 0 Å². The number of carboxylic acid groups (broad SMARTS) is 1. The lowest BCUT2D eigenvalue weighted by Crippen LogP contribution is -2.47. The predicted molar refractivity (Wildman–Crippen MR) is 95.2 cm³/mol. The number of carbonyl (C=O) groups excluding carboxylic acids is 1. The van der Waals surface area contributed by atoms with E-state index in [-0.39, 0.29) is 12.3 Å². The van der Waals surface area contributed by atoms with Crippen LogP contribution in [0.3, 0.4) is 0 Å². The summed E-state index contributed by atoms with van der Waals surface area (Å²) >= 11 is 6.05. The molecule has 1 unspecified atom stereocenters. The molecular formula is C19H18ClNO4. The molecule has 0 aliphatic carbocycles. The van der Waals surface area contributed by atoms with Crippen LogP contribution in [0.4, 0.5) is 5.69 Å². The van der Waals surface area contributed by atoms with E-state index in [1.54, 1.807) is 23.1 Å². The maximum atomic E-state index is 12.7. The average Bonchev–Trinajstić information content (AvgIpc) is 2.59. The maximum absolute atomic E-state index is 12.7. The molecule has 0 saturated heterocycles. The number of anilines is 1. The highest BCUT2D eigenvalue weighted by Gasteiger charge is 2.35. The lowest BCUT2D eigenvalue weighted by molar-refractivity contribution is -0.142. The molecule has 0 bridgehead atoms. The Morgan fingerprint density at radius 2 is 1.96 bits per heavy atom. The summed E-state index contributed by atoms with van der Waals surface area (Å²) in [6.07, 6.45) is 0.200. The van der Waals surface area contributed by atoms with Gasteiger partial charge in [-0.2, -0.15) is 0 Å². The molecule has 2 aromatic carbocycles. The van der Waals surface area contributed by atoms with Crippen molar-refractivity contribution in [2.75, 3.05) is 11.4 Å². The number of aliphatic carboxylic acids is 1. The Morgan fingerprint density at radius 1 is 1.20 bits per heavy atom. The Bertz CT molecular complexity index is 778. The fourth-order valence-electron chi connectivity index (χ4n) is 2.90. The molecule has 1 amide bonds. The highest BCUT2D eigenvalue weighted by molar-refractivity contribution is 6.31. The van der Waals surface area contributed by atoms with Crippen LogP contribution < -0.4 is 9.64 Å². The topological polar surface area (TPSA) is 66.8 Å². The van der Waals surface area contributed by atoms with Crippen LogP contribution in [0.15, 0.2) is 48.5 Å². The van der Waals surface area contributed by atoms with Crippen LogP contribution in [0.1, 0.15) is 18.4 Å². The Labute approximate surface area is 150 Å². The number of carbonyl (C=O) groups is 2. The number of rotatable bonds is 6. The summed E-state index contributed by atoms with van der Waals surface area (Å²) in [5.41, 5.74) is 1.78.